The number of fused-ring (bicyclic) bond motifs is 1. The van der Waals surface area contributed by atoms with Gasteiger partial charge in [-0.3, -0.25) is 9.59 Å². The number of aliphatic imine (C=N–C) groups is 1. The average Bonchev–Trinajstić information content (AvgIpc) is 3.19. The van der Waals surface area contributed by atoms with Crippen molar-refractivity contribution in [2.24, 2.45) is 10.9 Å². The van der Waals surface area contributed by atoms with Crippen LogP contribution in [0.3, 0.4) is 0 Å². The van der Waals surface area contributed by atoms with E-state index < -0.39 is 34.0 Å². The number of nitrogens with one attached hydrogen (secondary N) is 2. The normalized spacial score (nSPS) is 16.6. The summed E-state index contributed by atoms with van der Waals surface area (Å²) in [5.74, 6) is -1.02. The molecule has 2 heterocycles. The van der Waals surface area contributed by atoms with Crippen molar-refractivity contribution < 1.29 is 22.5 Å². The summed E-state index contributed by atoms with van der Waals surface area (Å²) in [5, 5.41) is 6.40. The molecule has 0 saturated heterocycles. The third kappa shape index (κ3) is 5.53. The number of amides is 2. The first-order valence-corrected chi connectivity index (χ1v) is 13.7. The predicted octanol–water partition coefficient (Wildman–Crippen LogP) is 2.94. The molecule has 0 spiro atoms. The van der Waals surface area contributed by atoms with Crippen molar-refractivity contribution in [1.82, 2.24) is 15.2 Å². The molecule has 38 heavy (non-hydrogen) atoms. The minimum Gasteiger partial charge on any atom is -0.360 e. The molecule has 0 fully saturated rings. The van der Waals surface area contributed by atoms with Crippen molar-refractivity contribution in [2.75, 3.05) is 11.9 Å². The lowest BCUT2D eigenvalue weighted by Crippen LogP contribution is -2.53. The van der Waals surface area contributed by atoms with E-state index in [1.54, 1.807) is 7.05 Å². The van der Waals surface area contributed by atoms with Gasteiger partial charge in [-0.2, -0.15) is 4.72 Å². The van der Waals surface area contributed by atoms with Gasteiger partial charge in [-0.15, -0.1) is 0 Å². The van der Waals surface area contributed by atoms with E-state index in [1.165, 1.54) is 18.7 Å². The summed E-state index contributed by atoms with van der Waals surface area (Å²) >= 11 is 0. The highest BCUT2D eigenvalue weighted by Crippen LogP contribution is 2.27. The zero-order valence-corrected chi connectivity index (χ0v) is 22.7. The van der Waals surface area contributed by atoms with Crippen LogP contribution >= 0.6 is 0 Å². The van der Waals surface area contributed by atoms with Gasteiger partial charge in [0, 0.05) is 18.2 Å². The number of nitrogens with zero attached hydrogens (tertiary/aromatic N) is 3. The molecule has 2 aromatic carbocycles. The van der Waals surface area contributed by atoms with Gasteiger partial charge in [0.15, 0.2) is 5.76 Å². The van der Waals surface area contributed by atoms with Gasteiger partial charge in [-0.1, -0.05) is 67.5 Å². The number of benzodiazepines with no additional fused rings is 1. The number of para-hydroxylation sites is 1. The van der Waals surface area contributed by atoms with E-state index in [0.717, 1.165) is 11.1 Å². The maximum Gasteiger partial charge on any atom is 0.272 e. The van der Waals surface area contributed by atoms with Crippen LogP contribution in [0.2, 0.25) is 0 Å². The van der Waals surface area contributed by atoms with Gasteiger partial charge < -0.3 is 14.7 Å². The predicted molar refractivity (Wildman–Crippen MR) is 143 cm³/mol. The van der Waals surface area contributed by atoms with E-state index >= 15 is 0 Å². The number of sulfonamides is 1. The number of hydrogen-bond donors (Lipinski definition) is 2. The summed E-state index contributed by atoms with van der Waals surface area (Å²) in [6.07, 6.45) is -1.07. The van der Waals surface area contributed by atoms with E-state index in [-0.39, 0.29) is 28.7 Å². The molecule has 0 bridgehead atoms. The highest BCUT2D eigenvalue weighted by Gasteiger charge is 2.35. The minimum absolute atomic E-state index is 0.0294. The molecule has 11 heteroatoms. The van der Waals surface area contributed by atoms with Gasteiger partial charge >= 0.3 is 0 Å². The summed E-state index contributed by atoms with van der Waals surface area (Å²) in [6, 6.07) is 15.6. The molecule has 2 unspecified atom stereocenters. The van der Waals surface area contributed by atoms with Gasteiger partial charge in [0.25, 0.3) is 5.91 Å². The number of aryl methyl sites for hydroxylation is 2. The molecule has 1 aliphatic rings. The van der Waals surface area contributed by atoms with Crippen molar-refractivity contribution in [1.29, 1.82) is 0 Å². The van der Waals surface area contributed by atoms with Gasteiger partial charge in [0.2, 0.25) is 22.1 Å². The number of rotatable bonds is 8. The molecule has 4 rings (SSSR count). The van der Waals surface area contributed by atoms with Crippen LogP contribution < -0.4 is 14.9 Å². The Labute approximate surface area is 222 Å². The number of carbonyl (C=O) groups excluding carboxylic acids is 2. The molecular weight excluding hydrogens is 506 g/mol. The largest absolute Gasteiger partial charge is 0.360 e. The minimum atomic E-state index is -4.14. The number of benzene rings is 2. The van der Waals surface area contributed by atoms with Crippen LogP contribution in [0.4, 0.5) is 5.69 Å². The average molecular weight is 538 g/mol. The summed E-state index contributed by atoms with van der Waals surface area (Å²) < 4.78 is 33.9. The van der Waals surface area contributed by atoms with E-state index in [1.807, 2.05) is 68.4 Å². The van der Waals surface area contributed by atoms with Crippen molar-refractivity contribution in [3.05, 3.63) is 77.2 Å². The highest BCUT2D eigenvalue weighted by molar-refractivity contribution is 7.89. The zero-order chi connectivity index (χ0) is 27.6. The quantitative estimate of drug-likeness (QED) is 0.454. The molecule has 2 atom stereocenters. The van der Waals surface area contributed by atoms with Crippen molar-refractivity contribution in [2.45, 2.75) is 51.2 Å². The van der Waals surface area contributed by atoms with Crippen LogP contribution in [0.1, 0.15) is 42.8 Å². The molecular formula is C27H31N5O5S. The fourth-order valence-electron chi connectivity index (χ4n) is 4.46. The number of carbonyl (C=O) groups is 2. The Bertz CT molecular complexity index is 1460. The number of anilines is 1. The number of likely N-dealkylation sites (N-methyl/N-ethyl adjacent to an activating group) is 1. The smallest absolute Gasteiger partial charge is 0.272 e. The van der Waals surface area contributed by atoms with Crippen LogP contribution in [-0.4, -0.2) is 50.4 Å². The second-order valence-corrected chi connectivity index (χ2v) is 11.3. The van der Waals surface area contributed by atoms with Crippen molar-refractivity contribution in [3.63, 3.8) is 0 Å². The highest BCUT2D eigenvalue weighted by atomic mass is 32.2. The first kappa shape index (κ1) is 27.2. The topological polar surface area (TPSA) is 134 Å². The Morgan fingerprint density at radius 1 is 1.08 bits per heavy atom. The molecule has 200 valence electrons. The summed E-state index contributed by atoms with van der Waals surface area (Å²) in [6.45, 7) is 6.75. The Balaban J connectivity index is 1.69. The van der Waals surface area contributed by atoms with Gasteiger partial charge in [-0.25, -0.2) is 13.4 Å². The molecule has 1 aromatic heterocycles. The molecule has 1 aliphatic heterocycles. The summed E-state index contributed by atoms with van der Waals surface area (Å²) in [5.41, 5.74) is 2.90. The van der Waals surface area contributed by atoms with E-state index in [9.17, 15) is 18.0 Å². The van der Waals surface area contributed by atoms with Gasteiger partial charge in [0.1, 0.15) is 16.6 Å². The summed E-state index contributed by atoms with van der Waals surface area (Å²) in [7, 11) is -2.52. The molecule has 2 N–H and O–H groups in total. The molecule has 2 amide bonds. The van der Waals surface area contributed by atoms with E-state index in [4.69, 9.17) is 4.52 Å². The Morgan fingerprint density at radius 2 is 1.74 bits per heavy atom. The molecule has 0 aliphatic carbocycles. The Hall–Kier alpha value is -3.83. The zero-order valence-electron chi connectivity index (χ0n) is 21.9. The van der Waals surface area contributed by atoms with Crippen molar-refractivity contribution in [3.8, 4) is 0 Å². The molecule has 0 saturated carbocycles. The lowest BCUT2D eigenvalue weighted by Gasteiger charge is -2.24. The SMILES string of the molecule is Cc1noc(C)c1S(=O)(=O)NC(CC(C)C)C(=O)NC1N=C(c2ccccc2)c2ccccc2N(C)C1=O. The number of aromatic nitrogens is 1. The first-order valence-electron chi connectivity index (χ1n) is 12.3. The fourth-order valence-corrected chi connectivity index (χ4v) is 6.00. The van der Waals surface area contributed by atoms with Crippen molar-refractivity contribution >= 4 is 33.2 Å². The lowest BCUT2D eigenvalue weighted by atomic mass is 10.0. The number of hydrogen-bond acceptors (Lipinski definition) is 7. The van der Waals surface area contributed by atoms with Crippen LogP contribution in [-0.2, 0) is 19.6 Å². The van der Waals surface area contributed by atoms with Crippen LogP contribution in [0.25, 0.3) is 0 Å². The fraction of sp³-hybridized carbons (Fsp3) is 0.333. The second-order valence-electron chi connectivity index (χ2n) is 9.63. The van der Waals surface area contributed by atoms with Gasteiger partial charge in [0.05, 0.1) is 11.4 Å². The van der Waals surface area contributed by atoms with Crippen LogP contribution in [0, 0.1) is 19.8 Å². The molecule has 10 nitrogen and oxygen atoms in total. The molecule has 0 radical (unpaired) electrons. The first-order chi connectivity index (χ1) is 18.0. The Kier molecular flexibility index (Phi) is 7.79. The third-order valence-electron chi connectivity index (χ3n) is 6.23. The van der Waals surface area contributed by atoms with Gasteiger partial charge in [-0.05, 0) is 32.3 Å². The third-order valence-corrected chi connectivity index (χ3v) is 7.94. The van der Waals surface area contributed by atoms with E-state index in [2.05, 4.69) is 20.2 Å². The van der Waals surface area contributed by atoms with E-state index in [0.29, 0.717) is 11.4 Å². The van der Waals surface area contributed by atoms with Crippen LogP contribution in [0.15, 0.2) is 69.0 Å². The monoisotopic (exact) mass is 537 g/mol. The Morgan fingerprint density at radius 3 is 2.37 bits per heavy atom. The lowest BCUT2D eigenvalue weighted by molar-refractivity contribution is -0.128. The summed E-state index contributed by atoms with van der Waals surface area (Å²) in [4.78, 5) is 33.0. The maximum atomic E-state index is 13.5. The molecule has 3 aromatic rings. The second kappa shape index (κ2) is 10.9. The standard InChI is InChI=1S/C27H31N5O5S/c1-16(2)15-21(31-38(35,36)24-17(3)30-37-18(24)4)26(33)29-25-27(34)32(5)22-14-10-9-13-20(22)23(28-25)19-11-7-6-8-12-19/h6-14,16,21,25,31H,15H2,1-5H3,(H,29,33). The maximum absolute atomic E-state index is 13.5. The van der Waals surface area contributed by atoms with Crippen LogP contribution in [0.5, 0.6) is 0 Å².